The van der Waals surface area contributed by atoms with E-state index in [9.17, 15) is 4.79 Å². The third-order valence-corrected chi connectivity index (χ3v) is 3.12. The Morgan fingerprint density at radius 2 is 1.95 bits per heavy atom. The molecule has 0 fully saturated rings. The van der Waals surface area contributed by atoms with Crippen LogP contribution in [0.2, 0.25) is 0 Å². The number of para-hydroxylation sites is 1. The fourth-order valence-electron chi connectivity index (χ4n) is 1.88. The molecular formula is C16H26N2O2. The Kier molecular flexibility index (Phi) is 7.09. The van der Waals surface area contributed by atoms with Crippen LogP contribution in [0.15, 0.2) is 24.3 Å². The van der Waals surface area contributed by atoms with Crippen LogP contribution in [0, 0.1) is 5.92 Å². The van der Waals surface area contributed by atoms with Gasteiger partial charge in [-0.3, -0.25) is 4.79 Å². The summed E-state index contributed by atoms with van der Waals surface area (Å²) in [5.74, 6) is 1.42. The van der Waals surface area contributed by atoms with Crippen LogP contribution in [0.5, 0.6) is 5.75 Å². The number of ether oxygens (including phenoxy) is 1. The average molecular weight is 278 g/mol. The standard InChI is InChI=1S/C16H26N2O2/c1-12(2)11-18-16(19)13(3)17-10-9-14-7-5-6-8-15(14)20-4/h5-8,12-13,17H,9-11H2,1-4H3,(H,18,19). The normalized spacial score (nSPS) is 12.2. The highest BCUT2D eigenvalue weighted by Gasteiger charge is 2.12. The van der Waals surface area contributed by atoms with Crippen LogP contribution < -0.4 is 15.4 Å². The Labute approximate surface area is 121 Å². The van der Waals surface area contributed by atoms with Crippen molar-refractivity contribution < 1.29 is 9.53 Å². The number of amides is 1. The first-order valence-corrected chi connectivity index (χ1v) is 7.17. The zero-order valence-electron chi connectivity index (χ0n) is 12.9. The second-order valence-corrected chi connectivity index (χ2v) is 5.38. The van der Waals surface area contributed by atoms with E-state index < -0.39 is 0 Å². The minimum atomic E-state index is -0.177. The third kappa shape index (κ3) is 5.61. The van der Waals surface area contributed by atoms with Crippen LogP contribution in [0.4, 0.5) is 0 Å². The fraction of sp³-hybridized carbons (Fsp3) is 0.562. The van der Waals surface area contributed by atoms with Crippen molar-refractivity contribution in [3.63, 3.8) is 0 Å². The minimum absolute atomic E-state index is 0.0544. The maximum atomic E-state index is 11.8. The Balaban J connectivity index is 2.34. The number of hydrogen-bond acceptors (Lipinski definition) is 3. The highest BCUT2D eigenvalue weighted by Crippen LogP contribution is 2.17. The number of methoxy groups -OCH3 is 1. The molecule has 0 radical (unpaired) electrons. The fourth-order valence-corrected chi connectivity index (χ4v) is 1.88. The molecule has 4 heteroatoms. The van der Waals surface area contributed by atoms with Crippen LogP contribution >= 0.6 is 0 Å². The van der Waals surface area contributed by atoms with Crippen LogP contribution in [-0.4, -0.2) is 32.1 Å². The van der Waals surface area contributed by atoms with E-state index in [4.69, 9.17) is 4.74 Å². The molecule has 0 saturated heterocycles. The molecule has 0 bridgehead atoms. The summed E-state index contributed by atoms with van der Waals surface area (Å²) in [6.45, 7) is 7.52. The van der Waals surface area contributed by atoms with Crippen molar-refractivity contribution in [2.45, 2.75) is 33.2 Å². The zero-order chi connectivity index (χ0) is 15.0. The Morgan fingerprint density at radius 1 is 1.25 bits per heavy atom. The first-order chi connectivity index (χ1) is 9.54. The number of nitrogens with one attached hydrogen (secondary N) is 2. The average Bonchev–Trinajstić information content (AvgIpc) is 2.45. The molecule has 1 aromatic carbocycles. The van der Waals surface area contributed by atoms with E-state index in [1.54, 1.807) is 7.11 Å². The third-order valence-electron chi connectivity index (χ3n) is 3.12. The summed E-state index contributed by atoms with van der Waals surface area (Å²) in [5, 5.41) is 6.17. The maximum Gasteiger partial charge on any atom is 0.236 e. The van der Waals surface area contributed by atoms with Gasteiger partial charge in [-0.1, -0.05) is 32.0 Å². The first kappa shape index (κ1) is 16.5. The zero-order valence-corrected chi connectivity index (χ0v) is 12.9. The quantitative estimate of drug-likeness (QED) is 0.764. The van der Waals surface area contributed by atoms with Gasteiger partial charge in [0.05, 0.1) is 13.2 Å². The monoisotopic (exact) mass is 278 g/mol. The van der Waals surface area contributed by atoms with E-state index >= 15 is 0 Å². The smallest absolute Gasteiger partial charge is 0.236 e. The topological polar surface area (TPSA) is 50.4 Å². The molecule has 1 rings (SSSR count). The molecule has 4 nitrogen and oxygen atoms in total. The molecule has 0 heterocycles. The molecule has 0 saturated carbocycles. The molecule has 0 aliphatic carbocycles. The summed E-state index contributed by atoms with van der Waals surface area (Å²) in [7, 11) is 1.67. The van der Waals surface area contributed by atoms with Crippen molar-refractivity contribution >= 4 is 5.91 Å². The number of hydrogen-bond donors (Lipinski definition) is 2. The largest absolute Gasteiger partial charge is 0.496 e. The second-order valence-electron chi connectivity index (χ2n) is 5.38. The van der Waals surface area contributed by atoms with Crippen molar-refractivity contribution in [2.24, 2.45) is 5.92 Å². The molecule has 1 atom stereocenters. The molecule has 2 N–H and O–H groups in total. The minimum Gasteiger partial charge on any atom is -0.496 e. The highest BCUT2D eigenvalue weighted by molar-refractivity contribution is 5.81. The second kappa shape index (κ2) is 8.59. The molecule has 0 aromatic heterocycles. The Hall–Kier alpha value is -1.55. The van der Waals surface area contributed by atoms with Gasteiger partial charge in [-0.05, 0) is 30.9 Å². The van der Waals surface area contributed by atoms with Crippen LogP contribution in [0.3, 0.4) is 0 Å². The van der Waals surface area contributed by atoms with Crippen molar-refractivity contribution in [1.29, 1.82) is 0 Å². The van der Waals surface area contributed by atoms with E-state index in [1.807, 2.05) is 31.2 Å². The highest BCUT2D eigenvalue weighted by atomic mass is 16.5. The van der Waals surface area contributed by atoms with E-state index in [1.165, 1.54) is 0 Å². The van der Waals surface area contributed by atoms with Gasteiger partial charge in [-0.15, -0.1) is 0 Å². The summed E-state index contributed by atoms with van der Waals surface area (Å²) < 4.78 is 5.31. The molecule has 0 aliphatic rings. The molecule has 1 amide bonds. The lowest BCUT2D eigenvalue weighted by atomic mass is 10.1. The van der Waals surface area contributed by atoms with Crippen LogP contribution in [0.25, 0.3) is 0 Å². The van der Waals surface area contributed by atoms with Gasteiger partial charge in [-0.2, -0.15) is 0 Å². The summed E-state index contributed by atoms with van der Waals surface area (Å²) in [5.41, 5.74) is 1.15. The van der Waals surface area contributed by atoms with Gasteiger partial charge in [0, 0.05) is 13.1 Å². The van der Waals surface area contributed by atoms with Gasteiger partial charge in [0.25, 0.3) is 0 Å². The summed E-state index contributed by atoms with van der Waals surface area (Å²) >= 11 is 0. The maximum absolute atomic E-state index is 11.8. The van der Waals surface area contributed by atoms with Gasteiger partial charge >= 0.3 is 0 Å². The van der Waals surface area contributed by atoms with Crippen molar-refractivity contribution in [2.75, 3.05) is 20.2 Å². The first-order valence-electron chi connectivity index (χ1n) is 7.17. The van der Waals surface area contributed by atoms with Crippen molar-refractivity contribution in [1.82, 2.24) is 10.6 Å². The number of carbonyl (C=O) groups is 1. The number of carbonyl (C=O) groups excluding carboxylic acids is 1. The van der Waals surface area contributed by atoms with Gasteiger partial charge in [0.2, 0.25) is 5.91 Å². The number of benzene rings is 1. The van der Waals surface area contributed by atoms with Crippen molar-refractivity contribution in [3.8, 4) is 5.75 Å². The molecule has 112 valence electrons. The van der Waals surface area contributed by atoms with Gasteiger partial charge in [0.15, 0.2) is 0 Å². The van der Waals surface area contributed by atoms with Crippen LogP contribution in [-0.2, 0) is 11.2 Å². The Bertz CT molecular complexity index is 419. The molecule has 0 spiro atoms. The molecular weight excluding hydrogens is 252 g/mol. The molecule has 20 heavy (non-hydrogen) atoms. The SMILES string of the molecule is COc1ccccc1CCNC(C)C(=O)NCC(C)C. The molecule has 0 aliphatic heterocycles. The van der Waals surface area contributed by atoms with Crippen LogP contribution in [0.1, 0.15) is 26.3 Å². The Morgan fingerprint density at radius 3 is 2.60 bits per heavy atom. The van der Waals surface area contributed by atoms with E-state index in [0.717, 1.165) is 30.8 Å². The van der Waals surface area contributed by atoms with Gasteiger partial charge in [0.1, 0.15) is 5.75 Å². The van der Waals surface area contributed by atoms with Crippen molar-refractivity contribution in [3.05, 3.63) is 29.8 Å². The van der Waals surface area contributed by atoms with Gasteiger partial charge in [-0.25, -0.2) is 0 Å². The predicted molar refractivity (Wildman–Crippen MR) is 82.0 cm³/mol. The summed E-state index contributed by atoms with van der Waals surface area (Å²) in [6, 6.07) is 7.77. The molecule has 1 aromatic rings. The van der Waals surface area contributed by atoms with E-state index in [-0.39, 0.29) is 11.9 Å². The summed E-state index contributed by atoms with van der Waals surface area (Å²) in [6.07, 6.45) is 0.839. The lowest BCUT2D eigenvalue weighted by Gasteiger charge is -2.15. The lowest BCUT2D eigenvalue weighted by molar-refractivity contribution is -0.122. The lowest BCUT2D eigenvalue weighted by Crippen LogP contribution is -2.43. The molecule has 1 unspecified atom stereocenters. The summed E-state index contributed by atoms with van der Waals surface area (Å²) in [4.78, 5) is 11.8. The van der Waals surface area contributed by atoms with Gasteiger partial charge < -0.3 is 15.4 Å². The van der Waals surface area contributed by atoms with E-state index in [2.05, 4.69) is 24.5 Å². The van der Waals surface area contributed by atoms with E-state index in [0.29, 0.717) is 5.92 Å². The number of rotatable bonds is 8. The predicted octanol–water partition coefficient (Wildman–Crippen LogP) is 1.99.